The van der Waals surface area contributed by atoms with E-state index in [1.54, 1.807) is 0 Å². The Morgan fingerprint density at radius 1 is 0.600 bits per heavy atom. The molecule has 0 rings (SSSR count). The molecule has 0 aliphatic heterocycles. The first kappa shape index (κ1) is 26.7. The van der Waals surface area contributed by atoms with Crippen molar-refractivity contribution in [3.8, 4) is 0 Å². The first-order chi connectivity index (χ1) is 12.1. The summed E-state index contributed by atoms with van der Waals surface area (Å²) in [6.45, 7) is 13.0. The summed E-state index contributed by atoms with van der Waals surface area (Å²) in [4.78, 5) is 12.8. The summed E-state index contributed by atoms with van der Waals surface area (Å²) in [5.74, 6) is -0.663. The number of carboxylic acids is 1. The van der Waals surface area contributed by atoms with Gasteiger partial charge in [0.1, 0.15) is 0 Å². The number of hydrogen-bond acceptors (Lipinski definition) is 2. The van der Waals surface area contributed by atoms with E-state index in [4.69, 9.17) is 5.11 Å². The molecule has 0 heterocycles. The van der Waals surface area contributed by atoms with Crippen molar-refractivity contribution in [1.29, 1.82) is 0 Å². The Bertz CT molecular complexity index is 237. The molecule has 1 N–H and O–H groups in total. The Kier molecular flexibility index (Phi) is 25.0. The summed E-state index contributed by atoms with van der Waals surface area (Å²) in [6, 6.07) is 0. The van der Waals surface area contributed by atoms with Crippen LogP contribution in [0.4, 0.5) is 0 Å². The highest BCUT2D eigenvalue weighted by molar-refractivity contribution is 5.66. The lowest BCUT2D eigenvalue weighted by Crippen LogP contribution is -2.27. The van der Waals surface area contributed by atoms with Gasteiger partial charge in [0.15, 0.2) is 0 Å². The van der Waals surface area contributed by atoms with Crippen LogP contribution < -0.4 is 0 Å². The second-order valence-corrected chi connectivity index (χ2v) is 7.17. The van der Waals surface area contributed by atoms with Gasteiger partial charge < -0.3 is 10.0 Å². The molecule has 0 aromatic rings. The van der Waals surface area contributed by atoms with E-state index in [2.05, 4.69) is 32.6 Å². The smallest absolute Gasteiger partial charge is 0.303 e. The Morgan fingerprint density at radius 2 is 0.960 bits per heavy atom. The van der Waals surface area contributed by atoms with Crippen LogP contribution in [0.3, 0.4) is 0 Å². The molecular formula is C22H47NO2. The number of carboxylic acid groups (broad SMARTS) is 1. The molecule has 0 aliphatic rings. The number of aliphatic carboxylic acids is 1. The van der Waals surface area contributed by atoms with Crippen molar-refractivity contribution in [3.63, 3.8) is 0 Å². The third kappa shape index (κ3) is 25.8. The second kappa shape index (κ2) is 23.4. The van der Waals surface area contributed by atoms with Crippen LogP contribution in [0.2, 0.25) is 0 Å². The Morgan fingerprint density at radius 3 is 1.32 bits per heavy atom. The van der Waals surface area contributed by atoms with Gasteiger partial charge in [0, 0.05) is 6.42 Å². The highest BCUT2D eigenvalue weighted by atomic mass is 16.4. The SMILES string of the molecule is CCCCCCCCCC(=O)O.CCCCN(CCCC)CCCC. The maximum Gasteiger partial charge on any atom is 0.303 e. The van der Waals surface area contributed by atoms with Crippen LogP contribution in [0, 0.1) is 0 Å². The number of hydrogen-bond donors (Lipinski definition) is 1. The minimum atomic E-state index is -0.663. The number of nitrogens with zero attached hydrogens (tertiary/aromatic N) is 1. The van der Waals surface area contributed by atoms with Crippen molar-refractivity contribution in [3.05, 3.63) is 0 Å². The van der Waals surface area contributed by atoms with Crippen LogP contribution in [0.25, 0.3) is 0 Å². The highest BCUT2D eigenvalue weighted by Gasteiger charge is 2.01. The summed E-state index contributed by atoms with van der Waals surface area (Å²) in [7, 11) is 0. The molecule has 0 aromatic heterocycles. The molecule has 0 unspecified atom stereocenters. The minimum Gasteiger partial charge on any atom is -0.481 e. The lowest BCUT2D eigenvalue weighted by molar-refractivity contribution is -0.137. The van der Waals surface area contributed by atoms with Gasteiger partial charge in [0.2, 0.25) is 0 Å². The summed E-state index contributed by atoms with van der Waals surface area (Å²) in [5.41, 5.74) is 0. The average molecular weight is 358 g/mol. The van der Waals surface area contributed by atoms with Crippen LogP contribution in [0.1, 0.15) is 118 Å². The maximum absolute atomic E-state index is 10.1. The van der Waals surface area contributed by atoms with Gasteiger partial charge in [0.25, 0.3) is 0 Å². The van der Waals surface area contributed by atoms with Gasteiger partial charge in [-0.05, 0) is 45.3 Å². The quantitative estimate of drug-likeness (QED) is 0.288. The van der Waals surface area contributed by atoms with Crippen LogP contribution in [-0.2, 0) is 4.79 Å². The molecule has 25 heavy (non-hydrogen) atoms. The maximum atomic E-state index is 10.1. The first-order valence-electron chi connectivity index (χ1n) is 11.1. The summed E-state index contributed by atoms with van der Waals surface area (Å²) >= 11 is 0. The summed E-state index contributed by atoms with van der Waals surface area (Å²) in [5, 5.41) is 8.35. The number of unbranched alkanes of at least 4 members (excludes halogenated alkanes) is 9. The van der Waals surface area contributed by atoms with Crippen molar-refractivity contribution >= 4 is 5.97 Å². The fraction of sp³-hybridized carbons (Fsp3) is 0.955. The Balaban J connectivity index is 0. The van der Waals surface area contributed by atoms with Gasteiger partial charge in [-0.15, -0.1) is 0 Å². The van der Waals surface area contributed by atoms with Gasteiger partial charge in [-0.1, -0.05) is 85.5 Å². The van der Waals surface area contributed by atoms with E-state index < -0.39 is 5.97 Å². The molecule has 3 heteroatoms. The molecule has 0 radical (unpaired) electrons. The largest absolute Gasteiger partial charge is 0.481 e. The molecule has 0 bridgehead atoms. The van der Waals surface area contributed by atoms with Gasteiger partial charge in [-0.2, -0.15) is 0 Å². The predicted octanol–water partition coefficient (Wildman–Crippen LogP) is 6.90. The lowest BCUT2D eigenvalue weighted by Gasteiger charge is -2.21. The lowest BCUT2D eigenvalue weighted by atomic mass is 10.1. The second-order valence-electron chi connectivity index (χ2n) is 7.17. The first-order valence-corrected chi connectivity index (χ1v) is 11.1. The van der Waals surface area contributed by atoms with E-state index in [0.717, 1.165) is 12.8 Å². The van der Waals surface area contributed by atoms with Gasteiger partial charge in [0.05, 0.1) is 0 Å². The predicted molar refractivity (Wildman–Crippen MR) is 111 cm³/mol. The number of carbonyl (C=O) groups is 1. The van der Waals surface area contributed by atoms with Crippen molar-refractivity contribution in [2.24, 2.45) is 0 Å². The molecule has 152 valence electrons. The monoisotopic (exact) mass is 357 g/mol. The molecule has 0 spiro atoms. The van der Waals surface area contributed by atoms with Crippen LogP contribution in [0.5, 0.6) is 0 Å². The molecule has 0 aromatic carbocycles. The molecule has 3 nitrogen and oxygen atoms in total. The van der Waals surface area contributed by atoms with Gasteiger partial charge in [-0.25, -0.2) is 0 Å². The van der Waals surface area contributed by atoms with E-state index in [9.17, 15) is 4.79 Å². The van der Waals surface area contributed by atoms with Crippen molar-refractivity contribution in [2.45, 2.75) is 118 Å². The van der Waals surface area contributed by atoms with E-state index >= 15 is 0 Å². The van der Waals surface area contributed by atoms with E-state index in [1.165, 1.54) is 90.3 Å². The zero-order valence-electron chi connectivity index (χ0n) is 17.8. The fourth-order valence-corrected chi connectivity index (χ4v) is 2.71. The number of rotatable bonds is 17. The Hall–Kier alpha value is -0.570. The van der Waals surface area contributed by atoms with Crippen molar-refractivity contribution in [1.82, 2.24) is 4.90 Å². The molecule has 0 amide bonds. The van der Waals surface area contributed by atoms with Crippen LogP contribution in [-0.4, -0.2) is 35.6 Å². The summed E-state index contributed by atoms with van der Waals surface area (Å²) < 4.78 is 0. The Labute approximate surface area is 158 Å². The standard InChI is InChI=1S/C12H27N.C10H20O2/c1-4-7-10-13(11-8-5-2)12-9-6-3;1-2-3-4-5-6-7-8-9-10(11)12/h4-12H2,1-3H3;2-9H2,1H3,(H,11,12). The van der Waals surface area contributed by atoms with E-state index in [-0.39, 0.29) is 0 Å². The van der Waals surface area contributed by atoms with Crippen LogP contribution >= 0.6 is 0 Å². The van der Waals surface area contributed by atoms with Gasteiger partial charge >= 0.3 is 5.97 Å². The molecular weight excluding hydrogens is 310 g/mol. The van der Waals surface area contributed by atoms with E-state index in [0.29, 0.717) is 6.42 Å². The minimum absolute atomic E-state index is 0.341. The molecule has 0 aliphatic carbocycles. The van der Waals surface area contributed by atoms with Gasteiger partial charge in [-0.3, -0.25) is 4.79 Å². The molecule has 0 fully saturated rings. The third-order valence-corrected chi connectivity index (χ3v) is 4.48. The topological polar surface area (TPSA) is 40.5 Å². The normalized spacial score (nSPS) is 10.6. The summed E-state index contributed by atoms with van der Waals surface area (Å²) in [6.07, 6.45) is 16.7. The zero-order valence-corrected chi connectivity index (χ0v) is 17.8. The average Bonchev–Trinajstić information content (AvgIpc) is 2.60. The molecule has 0 saturated heterocycles. The van der Waals surface area contributed by atoms with Crippen molar-refractivity contribution < 1.29 is 9.90 Å². The highest BCUT2D eigenvalue weighted by Crippen LogP contribution is 2.08. The zero-order chi connectivity index (χ0) is 19.2. The fourth-order valence-electron chi connectivity index (χ4n) is 2.71. The van der Waals surface area contributed by atoms with Crippen molar-refractivity contribution in [2.75, 3.05) is 19.6 Å². The van der Waals surface area contributed by atoms with Crippen LogP contribution in [0.15, 0.2) is 0 Å². The third-order valence-electron chi connectivity index (χ3n) is 4.48. The van der Waals surface area contributed by atoms with E-state index in [1.807, 2.05) is 0 Å². The molecule has 0 atom stereocenters. The molecule has 0 saturated carbocycles.